The lowest BCUT2D eigenvalue weighted by atomic mass is 10.0. The van der Waals surface area contributed by atoms with Gasteiger partial charge >= 0.3 is 5.97 Å². The van der Waals surface area contributed by atoms with Gasteiger partial charge in [0, 0.05) is 6.61 Å². The molecule has 2 fully saturated rings. The molecule has 2 rings (SSSR count). The molecular formula is C11H18O5. The molecule has 0 saturated carbocycles. The molecular weight excluding hydrogens is 212 g/mol. The quantitative estimate of drug-likeness (QED) is 0.670. The molecule has 0 bridgehead atoms. The van der Waals surface area contributed by atoms with Crippen LogP contribution in [-0.2, 0) is 23.7 Å². The van der Waals surface area contributed by atoms with E-state index >= 15 is 0 Å². The van der Waals surface area contributed by atoms with Crippen molar-refractivity contribution in [1.29, 1.82) is 0 Å². The zero-order chi connectivity index (χ0) is 11.4. The first-order valence-corrected chi connectivity index (χ1v) is 5.71. The van der Waals surface area contributed by atoms with Gasteiger partial charge in [-0.25, -0.2) is 0 Å². The summed E-state index contributed by atoms with van der Waals surface area (Å²) in [5, 5.41) is 0. The second-order valence-corrected chi connectivity index (χ2v) is 4.44. The monoisotopic (exact) mass is 230 g/mol. The number of rotatable bonds is 4. The SMILES string of the molecule is C[C@]1(COC(=O)CC2OCCO2)CCCO1. The van der Waals surface area contributed by atoms with Crippen LogP contribution in [0.5, 0.6) is 0 Å². The van der Waals surface area contributed by atoms with Crippen molar-refractivity contribution in [1.82, 2.24) is 0 Å². The summed E-state index contributed by atoms with van der Waals surface area (Å²) in [5.74, 6) is -0.288. The van der Waals surface area contributed by atoms with Gasteiger partial charge in [-0.2, -0.15) is 0 Å². The van der Waals surface area contributed by atoms with Crippen LogP contribution < -0.4 is 0 Å². The molecule has 0 aromatic heterocycles. The van der Waals surface area contributed by atoms with E-state index in [-0.39, 0.29) is 18.0 Å². The van der Waals surface area contributed by atoms with Crippen molar-refractivity contribution >= 4 is 5.97 Å². The van der Waals surface area contributed by atoms with Gasteiger partial charge < -0.3 is 18.9 Å². The highest BCUT2D eigenvalue weighted by atomic mass is 16.7. The molecule has 0 aliphatic carbocycles. The average molecular weight is 230 g/mol. The minimum atomic E-state index is -0.426. The maximum Gasteiger partial charge on any atom is 0.311 e. The van der Waals surface area contributed by atoms with Crippen LogP contribution in [0.4, 0.5) is 0 Å². The molecule has 0 aromatic carbocycles. The van der Waals surface area contributed by atoms with Crippen LogP contribution in [0.2, 0.25) is 0 Å². The van der Waals surface area contributed by atoms with E-state index in [1.807, 2.05) is 6.92 Å². The number of carbonyl (C=O) groups is 1. The first-order chi connectivity index (χ1) is 7.68. The molecule has 5 nitrogen and oxygen atoms in total. The summed E-state index contributed by atoms with van der Waals surface area (Å²) >= 11 is 0. The van der Waals surface area contributed by atoms with E-state index in [4.69, 9.17) is 18.9 Å². The second-order valence-electron chi connectivity index (χ2n) is 4.44. The van der Waals surface area contributed by atoms with Crippen molar-refractivity contribution in [3.05, 3.63) is 0 Å². The van der Waals surface area contributed by atoms with Gasteiger partial charge in [-0.05, 0) is 19.8 Å². The highest BCUT2D eigenvalue weighted by molar-refractivity contribution is 5.69. The van der Waals surface area contributed by atoms with Crippen molar-refractivity contribution in [3.63, 3.8) is 0 Å². The number of esters is 1. The molecule has 2 saturated heterocycles. The van der Waals surface area contributed by atoms with Crippen LogP contribution in [0.25, 0.3) is 0 Å². The fourth-order valence-electron chi connectivity index (χ4n) is 1.90. The summed E-state index contributed by atoms with van der Waals surface area (Å²) in [5.41, 5.74) is -0.299. The molecule has 0 amide bonds. The molecule has 2 aliphatic rings. The molecule has 0 spiro atoms. The highest BCUT2D eigenvalue weighted by Crippen LogP contribution is 2.25. The average Bonchev–Trinajstić information content (AvgIpc) is 2.88. The molecule has 0 unspecified atom stereocenters. The Morgan fingerprint density at radius 2 is 2.12 bits per heavy atom. The maximum atomic E-state index is 11.5. The smallest absolute Gasteiger partial charge is 0.311 e. The van der Waals surface area contributed by atoms with E-state index in [1.165, 1.54) is 0 Å². The van der Waals surface area contributed by atoms with Gasteiger partial charge in [0.1, 0.15) is 6.61 Å². The van der Waals surface area contributed by atoms with Crippen LogP contribution in [0.3, 0.4) is 0 Å². The van der Waals surface area contributed by atoms with Gasteiger partial charge in [-0.15, -0.1) is 0 Å². The normalized spacial score (nSPS) is 30.8. The molecule has 5 heteroatoms. The van der Waals surface area contributed by atoms with E-state index in [1.54, 1.807) is 0 Å². The van der Waals surface area contributed by atoms with E-state index < -0.39 is 6.29 Å². The Balaban J connectivity index is 1.66. The molecule has 1 atom stereocenters. The zero-order valence-corrected chi connectivity index (χ0v) is 9.57. The van der Waals surface area contributed by atoms with Gasteiger partial charge in [0.05, 0.1) is 25.2 Å². The fourth-order valence-corrected chi connectivity index (χ4v) is 1.90. The van der Waals surface area contributed by atoms with Crippen LogP contribution in [-0.4, -0.2) is 44.3 Å². The van der Waals surface area contributed by atoms with E-state index in [0.29, 0.717) is 19.8 Å². The number of carbonyl (C=O) groups excluding carboxylic acids is 1. The summed E-state index contributed by atoms with van der Waals surface area (Å²) in [6, 6.07) is 0. The third-order valence-electron chi connectivity index (χ3n) is 2.86. The summed E-state index contributed by atoms with van der Waals surface area (Å²) in [6.45, 7) is 4.15. The van der Waals surface area contributed by atoms with E-state index in [9.17, 15) is 4.79 Å². The number of hydrogen-bond acceptors (Lipinski definition) is 5. The van der Waals surface area contributed by atoms with Crippen molar-refractivity contribution in [2.24, 2.45) is 0 Å². The second kappa shape index (κ2) is 5.12. The number of ether oxygens (including phenoxy) is 4. The Hall–Kier alpha value is -0.650. The van der Waals surface area contributed by atoms with Crippen molar-refractivity contribution in [3.8, 4) is 0 Å². The summed E-state index contributed by atoms with van der Waals surface area (Å²) in [7, 11) is 0. The van der Waals surface area contributed by atoms with Crippen molar-refractivity contribution in [2.45, 2.75) is 38.1 Å². The summed E-state index contributed by atoms with van der Waals surface area (Å²) in [6.07, 6.45) is 1.71. The first kappa shape index (κ1) is 11.8. The lowest BCUT2D eigenvalue weighted by Crippen LogP contribution is -2.31. The molecule has 0 radical (unpaired) electrons. The molecule has 2 heterocycles. The van der Waals surface area contributed by atoms with Crippen LogP contribution >= 0.6 is 0 Å². The van der Waals surface area contributed by atoms with Crippen LogP contribution in [0, 0.1) is 0 Å². The zero-order valence-electron chi connectivity index (χ0n) is 9.57. The predicted octanol–water partition coefficient (Wildman–Crippen LogP) is 0.862. The maximum absolute atomic E-state index is 11.5. The fraction of sp³-hybridized carbons (Fsp3) is 0.909. The third-order valence-corrected chi connectivity index (χ3v) is 2.86. The van der Waals surface area contributed by atoms with Gasteiger partial charge in [0.25, 0.3) is 0 Å². The largest absolute Gasteiger partial charge is 0.462 e. The summed E-state index contributed by atoms with van der Waals surface area (Å²) < 4.78 is 21.0. The minimum Gasteiger partial charge on any atom is -0.462 e. The van der Waals surface area contributed by atoms with Crippen LogP contribution in [0.15, 0.2) is 0 Å². The lowest BCUT2D eigenvalue weighted by molar-refractivity contribution is -0.159. The molecule has 2 aliphatic heterocycles. The van der Waals surface area contributed by atoms with Crippen LogP contribution in [0.1, 0.15) is 26.2 Å². The molecule has 92 valence electrons. The van der Waals surface area contributed by atoms with Gasteiger partial charge in [0.15, 0.2) is 6.29 Å². The Bertz CT molecular complexity index is 241. The van der Waals surface area contributed by atoms with Gasteiger partial charge in [0.2, 0.25) is 0 Å². The Kier molecular flexibility index (Phi) is 3.78. The Morgan fingerprint density at radius 1 is 1.38 bits per heavy atom. The number of hydrogen-bond donors (Lipinski definition) is 0. The van der Waals surface area contributed by atoms with Crippen molar-refractivity contribution in [2.75, 3.05) is 26.4 Å². The standard InChI is InChI=1S/C11H18O5/c1-11(3-2-4-16-11)8-15-9(12)7-10-13-5-6-14-10/h10H,2-8H2,1H3/t11-/m1/s1. The van der Waals surface area contributed by atoms with E-state index in [2.05, 4.69) is 0 Å². The topological polar surface area (TPSA) is 54.0 Å². The first-order valence-electron chi connectivity index (χ1n) is 5.71. The minimum absolute atomic E-state index is 0.163. The third kappa shape index (κ3) is 3.17. The lowest BCUT2D eigenvalue weighted by Gasteiger charge is -2.22. The predicted molar refractivity (Wildman–Crippen MR) is 54.9 cm³/mol. The molecule has 0 aromatic rings. The van der Waals surface area contributed by atoms with Gasteiger partial charge in [-0.3, -0.25) is 4.79 Å². The Labute approximate surface area is 95.0 Å². The van der Waals surface area contributed by atoms with E-state index in [0.717, 1.165) is 19.4 Å². The molecule has 0 N–H and O–H groups in total. The van der Waals surface area contributed by atoms with Gasteiger partial charge in [-0.1, -0.05) is 0 Å². The van der Waals surface area contributed by atoms with Crippen molar-refractivity contribution < 1.29 is 23.7 Å². The molecule has 16 heavy (non-hydrogen) atoms. The summed E-state index contributed by atoms with van der Waals surface area (Å²) in [4.78, 5) is 11.5. The highest BCUT2D eigenvalue weighted by Gasteiger charge is 2.32. The Morgan fingerprint density at radius 3 is 2.75 bits per heavy atom.